The lowest BCUT2D eigenvalue weighted by atomic mass is 10.1. The van der Waals surface area contributed by atoms with Gasteiger partial charge >= 0.3 is 0 Å². The molecule has 0 saturated carbocycles. The van der Waals surface area contributed by atoms with Crippen molar-refractivity contribution >= 4 is 15.9 Å². The molecule has 0 spiro atoms. The number of hydrogen-bond donors (Lipinski definition) is 0. The molecule has 0 bridgehead atoms. The number of aryl methyl sites for hydroxylation is 1. The predicted octanol–water partition coefficient (Wildman–Crippen LogP) is 3.18. The van der Waals surface area contributed by atoms with Gasteiger partial charge in [0.15, 0.2) is 0 Å². The molecule has 0 aliphatic carbocycles. The molecule has 1 saturated heterocycles. The maximum atomic E-state index is 5.39. The molecule has 1 aliphatic rings. The summed E-state index contributed by atoms with van der Waals surface area (Å²) < 4.78 is 11.8. The Morgan fingerprint density at radius 1 is 1.47 bits per heavy atom. The van der Waals surface area contributed by atoms with Crippen LogP contribution in [0.25, 0.3) is 0 Å². The van der Waals surface area contributed by atoms with E-state index in [9.17, 15) is 0 Å². The van der Waals surface area contributed by atoms with Gasteiger partial charge < -0.3 is 9.47 Å². The molecule has 1 fully saturated rings. The van der Waals surface area contributed by atoms with Crippen LogP contribution in [-0.2, 0) is 11.2 Å². The standard InChI is InChI=1S/C12H15BrO2/c1-8-11(15-8)5-3-9-7-10(13)4-6-12(9)14-2/h4,6-8,11H,3,5H2,1-2H3. The molecule has 0 N–H and O–H groups in total. The summed E-state index contributed by atoms with van der Waals surface area (Å²) in [5, 5.41) is 0. The topological polar surface area (TPSA) is 21.8 Å². The smallest absolute Gasteiger partial charge is 0.122 e. The van der Waals surface area contributed by atoms with Crippen LogP contribution in [0.2, 0.25) is 0 Å². The van der Waals surface area contributed by atoms with Gasteiger partial charge in [-0.25, -0.2) is 0 Å². The summed E-state index contributed by atoms with van der Waals surface area (Å²) in [5.74, 6) is 0.964. The Hall–Kier alpha value is -0.540. The summed E-state index contributed by atoms with van der Waals surface area (Å²) in [6.07, 6.45) is 2.99. The summed E-state index contributed by atoms with van der Waals surface area (Å²) in [5.41, 5.74) is 1.24. The third-order valence-corrected chi connectivity index (χ3v) is 3.27. The highest BCUT2D eigenvalue weighted by Gasteiger charge is 2.33. The fourth-order valence-electron chi connectivity index (χ4n) is 1.77. The second kappa shape index (κ2) is 4.54. The first-order valence-corrected chi connectivity index (χ1v) is 5.98. The second-order valence-corrected chi connectivity index (χ2v) is 4.79. The van der Waals surface area contributed by atoms with Crippen molar-refractivity contribution in [3.8, 4) is 5.75 Å². The Morgan fingerprint density at radius 3 is 2.80 bits per heavy atom. The van der Waals surface area contributed by atoms with Gasteiger partial charge in [0.1, 0.15) is 5.75 Å². The summed E-state index contributed by atoms with van der Waals surface area (Å²) in [6, 6.07) is 6.11. The van der Waals surface area contributed by atoms with Gasteiger partial charge in [0, 0.05) is 4.47 Å². The Kier molecular flexibility index (Phi) is 3.32. The lowest BCUT2D eigenvalue weighted by Crippen LogP contribution is -1.97. The maximum Gasteiger partial charge on any atom is 0.122 e. The molecule has 2 nitrogen and oxygen atoms in total. The molecule has 0 amide bonds. The van der Waals surface area contributed by atoms with E-state index in [2.05, 4.69) is 28.9 Å². The first-order chi connectivity index (χ1) is 7.20. The molecule has 1 aromatic carbocycles. The second-order valence-electron chi connectivity index (χ2n) is 3.87. The van der Waals surface area contributed by atoms with E-state index in [1.807, 2.05) is 12.1 Å². The normalized spacial score (nSPS) is 23.9. The average Bonchev–Trinajstić information content (AvgIpc) is 2.92. The minimum Gasteiger partial charge on any atom is -0.496 e. The third-order valence-electron chi connectivity index (χ3n) is 2.78. The van der Waals surface area contributed by atoms with Crippen molar-refractivity contribution in [1.29, 1.82) is 0 Å². The van der Waals surface area contributed by atoms with Crippen molar-refractivity contribution < 1.29 is 9.47 Å². The molecule has 0 radical (unpaired) electrons. The summed E-state index contributed by atoms with van der Waals surface area (Å²) >= 11 is 3.47. The van der Waals surface area contributed by atoms with Crippen molar-refractivity contribution in [2.75, 3.05) is 7.11 Å². The Bertz CT molecular complexity index is 351. The summed E-state index contributed by atoms with van der Waals surface area (Å²) in [6.45, 7) is 2.11. The lowest BCUT2D eigenvalue weighted by molar-refractivity contribution is 0.368. The van der Waals surface area contributed by atoms with Gasteiger partial charge in [-0.05, 0) is 43.5 Å². The third kappa shape index (κ3) is 2.73. The van der Waals surface area contributed by atoms with Crippen LogP contribution >= 0.6 is 15.9 Å². The van der Waals surface area contributed by atoms with E-state index >= 15 is 0 Å². The van der Waals surface area contributed by atoms with Crippen LogP contribution in [0.4, 0.5) is 0 Å². The van der Waals surface area contributed by atoms with E-state index in [0.29, 0.717) is 12.2 Å². The molecule has 3 heteroatoms. The van der Waals surface area contributed by atoms with Crippen molar-refractivity contribution in [3.63, 3.8) is 0 Å². The SMILES string of the molecule is COc1ccc(Br)cc1CCC1OC1C. The summed E-state index contributed by atoms with van der Waals surface area (Å²) in [4.78, 5) is 0. The zero-order chi connectivity index (χ0) is 10.8. The van der Waals surface area contributed by atoms with Crippen LogP contribution in [0.15, 0.2) is 22.7 Å². The van der Waals surface area contributed by atoms with Crippen molar-refractivity contribution in [2.24, 2.45) is 0 Å². The Morgan fingerprint density at radius 2 is 2.20 bits per heavy atom. The Labute approximate surface area is 98.7 Å². The van der Waals surface area contributed by atoms with Gasteiger partial charge in [-0.15, -0.1) is 0 Å². The number of methoxy groups -OCH3 is 1. The molecule has 1 heterocycles. The molecule has 0 aromatic heterocycles. The van der Waals surface area contributed by atoms with Crippen LogP contribution in [0.3, 0.4) is 0 Å². The average molecular weight is 271 g/mol. The van der Waals surface area contributed by atoms with Crippen LogP contribution in [-0.4, -0.2) is 19.3 Å². The number of halogens is 1. The molecule has 15 heavy (non-hydrogen) atoms. The van der Waals surface area contributed by atoms with E-state index in [1.54, 1.807) is 7.11 Å². The zero-order valence-electron chi connectivity index (χ0n) is 9.00. The highest BCUT2D eigenvalue weighted by Crippen LogP contribution is 2.29. The molecule has 1 aliphatic heterocycles. The van der Waals surface area contributed by atoms with Crippen molar-refractivity contribution in [3.05, 3.63) is 28.2 Å². The number of ether oxygens (including phenoxy) is 2. The van der Waals surface area contributed by atoms with Crippen molar-refractivity contribution in [2.45, 2.75) is 32.0 Å². The highest BCUT2D eigenvalue weighted by molar-refractivity contribution is 9.10. The van der Waals surface area contributed by atoms with Crippen LogP contribution in [0, 0.1) is 0 Å². The molecular formula is C12H15BrO2. The lowest BCUT2D eigenvalue weighted by Gasteiger charge is -2.07. The van der Waals surface area contributed by atoms with Gasteiger partial charge in [0.05, 0.1) is 19.3 Å². The van der Waals surface area contributed by atoms with Gasteiger partial charge in [-0.1, -0.05) is 15.9 Å². The largest absolute Gasteiger partial charge is 0.496 e. The van der Waals surface area contributed by atoms with E-state index in [4.69, 9.17) is 9.47 Å². The maximum absolute atomic E-state index is 5.39. The monoisotopic (exact) mass is 270 g/mol. The van der Waals surface area contributed by atoms with Gasteiger partial charge in [0.25, 0.3) is 0 Å². The van der Waals surface area contributed by atoms with Gasteiger partial charge in [-0.3, -0.25) is 0 Å². The van der Waals surface area contributed by atoms with Crippen LogP contribution in [0.5, 0.6) is 5.75 Å². The van der Waals surface area contributed by atoms with E-state index in [0.717, 1.165) is 23.1 Å². The molecule has 82 valence electrons. The van der Waals surface area contributed by atoms with E-state index in [-0.39, 0.29) is 0 Å². The first-order valence-electron chi connectivity index (χ1n) is 5.18. The quantitative estimate of drug-likeness (QED) is 0.784. The molecular weight excluding hydrogens is 256 g/mol. The van der Waals surface area contributed by atoms with Crippen molar-refractivity contribution in [1.82, 2.24) is 0 Å². The van der Waals surface area contributed by atoms with E-state index < -0.39 is 0 Å². The number of epoxide rings is 1. The zero-order valence-corrected chi connectivity index (χ0v) is 10.6. The fraction of sp³-hybridized carbons (Fsp3) is 0.500. The minimum atomic E-state index is 0.447. The Balaban J connectivity index is 2.01. The highest BCUT2D eigenvalue weighted by atomic mass is 79.9. The van der Waals surface area contributed by atoms with Gasteiger partial charge in [0.2, 0.25) is 0 Å². The fourth-order valence-corrected chi connectivity index (χ4v) is 2.18. The molecule has 2 unspecified atom stereocenters. The minimum absolute atomic E-state index is 0.447. The van der Waals surface area contributed by atoms with Crippen LogP contribution < -0.4 is 4.74 Å². The molecule has 2 atom stereocenters. The summed E-state index contributed by atoms with van der Waals surface area (Å²) in [7, 11) is 1.71. The van der Waals surface area contributed by atoms with Gasteiger partial charge in [-0.2, -0.15) is 0 Å². The number of benzene rings is 1. The van der Waals surface area contributed by atoms with E-state index in [1.165, 1.54) is 5.56 Å². The molecule has 2 rings (SSSR count). The number of rotatable bonds is 4. The van der Waals surface area contributed by atoms with Crippen LogP contribution in [0.1, 0.15) is 18.9 Å². The first kappa shape index (κ1) is 11.0. The molecule has 1 aromatic rings. The predicted molar refractivity (Wildman–Crippen MR) is 63.4 cm³/mol. The number of hydrogen-bond acceptors (Lipinski definition) is 2.